The first-order valence-electron chi connectivity index (χ1n) is 7.24. The summed E-state index contributed by atoms with van der Waals surface area (Å²) in [6.45, 7) is 3.57. The molecule has 0 aliphatic carbocycles. The number of amides is 1. The minimum absolute atomic E-state index is 0.0505. The van der Waals surface area contributed by atoms with Crippen molar-refractivity contribution in [3.63, 3.8) is 0 Å². The van der Waals surface area contributed by atoms with Gasteiger partial charge < -0.3 is 10.0 Å². The van der Waals surface area contributed by atoms with Crippen molar-refractivity contribution in [2.45, 2.75) is 38.5 Å². The Balaban J connectivity index is 2.37. The molecule has 0 radical (unpaired) electrons. The number of para-hydroxylation sites is 1. The molecule has 1 aromatic carbocycles. The fourth-order valence-electron chi connectivity index (χ4n) is 3.35. The Hall–Kier alpha value is -2.35. The lowest BCUT2D eigenvalue weighted by atomic mass is 9.69. The van der Waals surface area contributed by atoms with Crippen LogP contribution in [-0.4, -0.2) is 24.0 Å². The Kier molecular flexibility index (Phi) is 3.97. The van der Waals surface area contributed by atoms with Crippen molar-refractivity contribution < 1.29 is 14.7 Å². The molecular formula is C17H20N2O3. The third-order valence-corrected chi connectivity index (χ3v) is 4.54. The van der Waals surface area contributed by atoms with Crippen LogP contribution in [0.5, 0.6) is 0 Å². The highest BCUT2D eigenvalue weighted by Gasteiger charge is 2.49. The molecule has 5 nitrogen and oxygen atoms in total. The van der Waals surface area contributed by atoms with Crippen LogP contribution in [0.25, 0.3) is 0 Å². The van der Waals surface area contributed by atoms with Crippen molar-refractivity contribution in [3.8, 4) is 6.07 Å². The normalized spacial score (nSPS) is 22.8. The van der Waals surface area contributed by atoms with Gasteiger partial charge in [-0.05, 0) is 38.3 Å². The zero-order chi connectivity index (χ0) is 16.5. The van der Waals surface area contributed by atoms with Gasteiger partial charge in [-0.3, -0.25) is 9.59 Å². The summed E-state index contributed by atoms with van der Waals surface area (Å²) in [5, 5.41) is 18.4. The van der Waals surface area contributed by atoms with Gasteiger partial charge in [-0.15, -0.1) is 0 Å². The average Bonchev–Trinajstić information content (AvgIpc) is 2.68. The van der Waals surface area contributed by atoms with E-state index in [1.54, 1.807) is 18.9 Å². The summed E-state index contributed by atoms with van der Waals surface area (Å²) >= 11 is 0. The molecule has 1 aliphatic heterocycles. The number of carbonyl (C=O) groups excluding carboxylic acids is 1. The van der Waals surface area contributed by atoms with Crippen molar-refractivity contribution >= 4 is 17.6 Å². The van der Waals surface area contributed by atoms with Gasteiger partial charge in [0.2, 0.25) is 5.91 Å². The number of nitriles is 1. The van der Waals surface area contributed by atoms with E-state index >= 15 is 0 Å². The van der Waals surface area contributed by atoms with Crippen LogP contribution >= 0.6 is 0 Å². The third kappa shape index (κ3) is 2.57. The second kappa shape index (κ2) is 5.45. The summed E-state index contributed by atoms with van der Waals surface area (Å²) in [5.41, 5.74) is 0.0999. The predicted molar refractivity (Wildman–Crippen MR) is 82.4 cm³/mol. The highest BCUT2D eigenvalue weighted by atomic mass is 16.4. The Bertz CT molecular complexity index is 664. The Morgan fingerprint density at radius 1 is 1.45 bits per heavy atom. The maximum atomic E-state index is 12.7. The van der Waals surface area contributed by atoms with Crippen molar-refractivity contribution in [3.05, 3.63) is 29.8 Å². The van der Waals surface area contributed by atoms with E-state index in [0.29, 0.717) is 6.42 Å². The maximum Gasteiger partial charge on any atom is 0.303 e. The van der Waals surface area contributed by atoms with Gasteiger partial charge in [0.1, 0.15) is 0 Å². The lowest BCUT2D eigenvalue weighted by molar-refractivity contribution is -0.137. The van der Waals surface area contributed by atoms with Crippen LogP contribution in [0.2, 0.25) is 0 Å². The Morgan fingerprint density at radius 2 is 2.09 bits per heavy atom. The third-order valence-electron chi connectivity index (χ3n) is 4.54. The molecule has 1 N–H and O–H groups in total. The number of benzene rings is 1. The first-order chi connectivity index (χ1) is 10.2. The Morgan fingerprint density at radius 3 is 2.68 bits per heavy atom. The second-order valence-corrected chi connectivity index (χ2v) is 6.46. The summed E-state index contributed by atoms with van der Waals surface area (Å²) in [7, 11) is 1.73. The van der Waals surface area contributed by atoms with Gasteiger partial charge in [0, 0.05) is 19.2 Å². The molecule has 2 atom stereocenters. The molecule has 116 valence electrons. The van der Waals surface area contributed by atoms with Gasteiger partial charge in [0.15, 0.2) is 0 Å². The zero-order valence-corrected chi connectivity index (χ0v) is 13.1. The molecule has 5 heteroatoms. The number of nitrogens with zero attached hydrogens (tertiary/aromatic N) is 2. The molecule has 1 aliphatic rings. The fourth-order valence-corrected chi connectivity index (χ4v) is 3.35. The Labute approximate surface area is 130 Å². The van der Waals surface area contributed by atoms with Crippen molar-refractivity contribution in [2.24, 2.45) is 5.41 Å². The van der Waals surface area contributed by atoms with Crippen LogP contribution in [0, 0.1) is 16.7 Å². The van der Waals surface area contributed by atoms with Crippen molar-refractivity contribution in [1.82, 2.24) is 0 Å². The van der Waals surface area contributed by atoms with Gasteiger partial charge >= 0.3 is 5.97 Å². The molecule has 1 heterocycles. The van der Waals surface area contributed by atoms with E-state index < -0.39 is 16.8 Å². The van der Waals surface area contributed by atoms with E-state index in [1.165, 1.54) is 0 Å². The summed E-state index contributed by atoms with van der Waals surface area (Å²) in [5.74, 6) is -0.979. The molecule has 0 spiro atoms. The molecule has 2 rings (SSSR count). The van der Waals surface area contributed by atoms with Crippen LogP contribution in [0.4, 0.5) is 5.69 Å². The smallest absolute Gasteiger partial charge is 0.303 e. The molecule has 0 fully saturated rings. The molecule has 0 bridgehead atoms. The minimum Gasteiger partial charge on any atom is -0.481 e. The predicted octanol–water partition coefficient (Wildman–Crippen LogP) is 2.71. The summed E-state index contributed by atoms with van der Waals surface area (Å²) < 4.78 is 0. The molecule has 1 aromatic rings. The number of anilines is 1. The van der Waals surface area contributed by atoms with E-state index in [4.69, 9.17) is 5.11 Å². The first-order valence-corrected chi connectivity index (χ1v) is 7.24. The number of fused-ring (bicyclic) bond motifs is 1. The lowest BCUT2D eigenvalue weighted by Gasteiger charge is -2.31. The first kappa shape index (κ1) is 16.0. The van der Waals surface area contributed by atoms with Gasteiger partial charge in [0.05, 0.1) is 16.9 Å². The van der Waals surface area contributed by atoms with E-state index in [9.17, 15) is 14.9 Å². The average molecular weight is 300 g/mol. The number of likely N-dealkylation sites (N-methyl/N-ethyl adjacent to an activating group) is 1. The van der Waals surface area contributed by atoms with Gasteiger partial charge in [0.25, 0.3) is 0 Å². The number of carboxylic acid groups (broad SMARTS) is 1. The summed E-state index contributed by atoms with van der Waals surface area (Å²) in [6.07, 6.45) is 0.462. The molecular weight excluding hydrogens is 280 g/mol. The lowest BCUT2D eigenvalue weighted by Crippen LogP contribution is -2.40. The van der Waals surface area contributed by atoms with Gasteiger partial charge in [-0.2, -0.15) is 5.26 Å². The summed E-state index contributed by atoms with van der Waals surface area (Å²) in [4.78, 5) is 25.1. The number of hydrogen-bond acceptors (Lipinski definition) is 3. The molecule has 1 unspecified atom stereocenters. The molecule has 1 amide bonds. The van der Waals surface area contributed by atoms with Crippen LogP contribution in [-0.2, 0) is 15.0 Å². The van der Waals surface area contributed by atoms with Gasteiger partial charge in [-0.25, -0.2) is 0 Å². The van der Waals surface area contributed by atoms with Crippen LogP contribution in [0.15, 0.2) is 24.3 Å². The highest BCUT2D eigenvalue weighted by Crippen LogP contribution is 2.48. The quantitative estimate of drug-likeness (QED) is 0.906. The number of aliphatic carboxylic acids is 1. The topological polar surface area (TPSA) is 81.4 Å². The fraction of sp³-hybridized carbons (Fsp3) is 0.471. The van der Waals surface area contributed by atoms with Crippen molar-refractivity contribution in [1.29, 1.82) is 5.26 Å². The maximum absolute atomic E-state index is 12.7. The number of carbonyl (C=O) groups is 2. The van der Waals surface area contributed by atoms with Crippen molar-refractivity contribution in [2.75, 3.05) is 11.9 Å². The molecule has 22 heavy (non-hydrogen) atoms. The van der Waals surface area contributed by atoms with E-state index in [-0.39, 0.29) is 18.7 Å². The zero-order valence-electron chi connectivity index (χ0n) is 13.1. The second-order valence-electron chi connectivity index (χ2n) is 6.46. The minimum atomic E-state index is -0.929. The highest BCUT2D eigenvalue weighted by molar-refractivity contribution is 6.07. The molecule has 0 aromatic heterocycles. The van der Waals surface area contributed by atoms with Crippen LogP contribution in [0.1, 0.15) is 38.7 Å². The number of carboxylic acids is 1. The van der Waals surface area contributed by atoms with E-state index in [2.05, 4.69) is 6.07 Å². The SMILES string of the molecule is CN1C(=O)[C@@](C)(CC(C)(C#N)CCC(=O)O)c2ccccc21. The number of rotatable bonds is 5. The van der Waals surface area contributed by atoms with Crippen LogP contribution in [0.3, 0.4) is 0 Å². The van der Waals surface area contributed by atoms with Crippen LogP contribution < -0.4 is 4.90 Å². The number of hydrogen-bond donors (Lipinski definition) is 1. The monoisotopic (exact) mass is 300 g/mol. The van der Waals surface area contributed by atoms with E-state index in [0.717, 1.165) is 11.3 Å². The standard InChI is InChI=1S/C17H20N2O3/c1-16(11-18,9-8-14(20)21)10-17(2)12-6-4-5-7-13(12)19(3)15(17)22/h4-7H,8-10H2,1-3H3,(H,20,21)/t16?,17-/m0/s1. The summed E-state index contributed by atoms with van der Waals surface area (Å²) in [6, 6.07) is 9.77. The van der Waals surface area contributed by atoms with E-state index in [1.807, 2.05) is 31.2 Å². The van der Waals surface area contributed by atoms with Gasteiger partial charge in [-0.1, -0.05) is 18.2 Å². The molecule has 0 saturated carbocycles. The largest absolute Gasteiger partial charge is 0.481 e. The molecule has 0 saturated heterocycles.